The summed E-state index contributed by atoms with van der Waals surface area (Å²) in [5.74, 6) is -0.228. The molecule has 1 aliphatic rings. The van der Waals surface area contributed by atoms with E-state index in [0.717, 1.165) is 28.9 Å². The van der Waals surface area contributed by atoms with Crippen LogP contribution in [0.25, 0.3) is 0 Å². The van der Waals surface area contributed by atoms with Gasteiger partial charge in [-0.25, -0.2) is 9.49 Å². The Morgan fingerprint density at radius 3 is 3.00 bits per heavy atom. The first-order chi connectivity index (χ1) is 12.5. The van der Waals surface area contributed by atoms with E-state index in [2.05, 4.69) is 20.4 Å². The Hall–Kier alpha value is -2.67. The molecule has 3 heterocycles. The van der Waals surface area contributed by atoms with Gasteiger partial charge in [0.15, 0.2) is 0 Å². The van der Waals surface area contributed by atoms with E-state index in [4.69, 9.17) is 11.6 Å². The predicted molar refractivity (Wildman–Crippen MR) is 97.2 cm³/mol. The zero-order valence-electron chi connectivity index (χ0n) is 14.1. The fourth-order valence-electron chi connectivity index (χ4n) is 3.37. The summed E-state index contributed by atoms with van der Waals surface area (Å²) in [5, 5.41) is 13.9. The summed E-state index contributed by atoms with van der Waals surface area (Å²) in [6.45, 7) is 3.20. The average Bonchev–Trinajstić information content (AvgIpc) is 3.02. The number of fused-ring (bicyclic) bond motifs is 1. The summed E-state index contributed by atoms with van der Waals surface area (Å²) in [4.78, 5) is 13.7. The first kappa shape index (κ1) is 16.8. The third-order valence-electron chi connectivity index (χ3n) is 4.80. The molecule has 0 radical (unpaired) electrons. The molecule has 0 spiro atoms. The number of hydrogen-bond donors (Lipinski definition) is 2. The van der Waals surface area contributed by atoms with E-state index in [1.165, 1.54) is 17.7 Å². The Balaban J connectivity index is 1.59. The van der Waals surface area contributed by atoms with Gasteiger partial charge in [0.25, 0.3) is 5.56 Å². The maximum Gasteiger partial charge on any atom is 0.285 e. The highest BCUT2D eigenvalue weighted by Gasteiger charge is 2.24. The summed E-state index contributed by atoms with van der Waals surface area (Å²) in [6, 6.07) is 4.83. The Morgan fingerprint density at radius 2 is 2.19 bits per heavy atom. The van der Waals surface area contributed by atoms with Gasteiger partial charge < -0.3 is 4.90 Å². The summed E-state index contributed by atoms with van der Waals surface area (Å²) in [7, 11) is 0. The minimum Gasteiger partial charge on any atom is -0.363 e. The van der Waals surface area contributed by atoms with Crippen LogP contribution in [0.4, 0.5) is 10.1 Å². The predicted octanol–water partition coefficient (Wildman–Crippen LogP) is 2.75. The number of hydrogen-bond acceptors (Lipinski definition) is 4. The highest BCUT2D eigenvalue weighted by molar-refractivity contribution is 6.32. The van der Waals surface area contributed by atoms with Gasteiger partial charge in [-0.2, -0.15) is 10.2 Å². The van der Waals surface area contributed by atoms with E-state index in [9.17, 15) is 9.18 Å². The molecule has 0 saturated carbocycles. The van der Waals surface area contributed by atoms with Crippen LogP contribution in [0, 0.1) is 12.7 Å². The van der Waals surface area contributed by atoms with Gasteiger partial charge in [-0.3, -0.25) is 9.89 Å². The van der Waals surface area contributed by atoms with Crippen LogP contribution in [0.3, 0.4) is 0 Å². The van der Waals surface area contributed by atoms with Gasteiger partial charge in [-0.15, -0.1) is 0 Å². The molecule has 26 heavy (non-hydrogen) atoms. The molecule has 0 bridgehead atoms. The van der Waals surface area contributed by atoms with Crippen molar-refractivity contribution in [2.45, 2.75) is 26.3 Å². The molecular formula is C18H17ClFN5O. The number of nitrogens with zero attached hydrogens (tertiary/aromatic N) is 3. The zero-order valence-corrected chi connectivity index (χ0v) is 14.9. The van der Waals surface area contributed by atoms with E-state index in [-0.39, 0.29) is 10.8 Å². The first-order valence-corrected chi connectivity index (χ1v) is 8.69. The molecule has 0 amide bonds. The largest absolute Gasteiger partial charge is 0.363 e. The lowest BCUT2D eigenvalue weighted by Crippen LogP contribution is -2.32. The third-order valence-corrected chi connectivity index (χ3v) is 5.16. The number of anilines is 1. The van der Waals surface area contributed by atoms with Crippen LogP contribution >= 0.6 is 11.6 Å². The third kappa shape index (κ3) is 2.99. The van der Waals surface area contributed by atoms with Gasteiger partial charge >= 0.3 is 0 Å². The second-order valence-electron chi connectivity index (χ2n) is 6.44. The molecular weight excluding hydrogens is 357 g/mol. The molecule has 0 aliphatic carbocycles. The Labute approximate surface area is 154 Å². The first-order valence-electron chi connectivity index (χ1n) is 8.31. The lowest BCUT2D eigenvalue weighted by molar-refractivity contribution is 0.625. The number of nitrogens with one attached hydrogen (secondary N) is 2. The van der Waals surface area contributed by atoms with Crippen molar-refractivity contribution in [3.8, 4) is 0 Å². The van der Waals surface area contributed by atoms with Crippen molar-refractivity contribution in [2.75, 3.05) is 11.4 Å². The van der Waals surface area contributed by atoms with E-state index in [1.54, 1.807) is 6.20 Å². The number of aryl methyl sites for hydroxylation is 1. The molecule has 0 fully saturated rings. The standard InChI is InChI=1S/C18H17ClFN5O/c1-10-6-12(20)3-2-11(10)7-14-13-4-5-25(9-15(13)23-22-14)16-8-21-24-18(26)17(16)19/h2-3,6,8H,4-5,7,9H2,1H3,(H,22,23)(H,24,26). The van der Waals surface area contributed by atoms with Crippen molar-refractivity contribution in [1.82, 2.24) is 20.4 Å². The van der Waals surface area contributed by atoms with Crippen LogP contribution < -0.4 is 10.5 Å². The van der Waals surface area contributed by atoms with Gasteiger partial charge in [0.1, 0.15) is 10.8 Å². The quantitative estimate of drug-likeness (QED) is 0.740. The molecule has 0 atom stereocenters. The SMILES string of the molecule is Cc1cc(F)ccc1Cc1n[nH]c2c1CCN(c1cn[nH]c(=O)c1Cl)C2. The van der Waals surface area contributed by atoms with Crippen molar-refractivity contribution in [1.29, 1.82) is 0 Å². The Kier molecular flexibility index (Phi) is 4.24. The summed E-state index contributed by atoms with van der Waals surface area (Å²) < 4.78 is 13.3. The zero-order chi connectivity index (χ0) is 18.3. The lowest BCUT2D eigenvalue weighted by Gasteiger charge is -2.28. The molecule has 3 aromatic rings. The van der Waals surface area contributed by atoms with E-state index in [1.807, 2.05) is 17.9 Å². The van der Waals surface area contributed by atoms with E-state index < -0.39 is 5.56 Å². The molecule has 134 valence electrons. The molecule has 0 saturated heterocycles. The van der Waals surface area contributed by atoms with Crippen molar-refractivity contribution in [3.63, 3.8) is 0 Å². The lowest BCUT2D eigenvalue weighted by atomic mass is 9.97. The Bertz CT molecular complexity index is 1030. The average molecular weight is 374 g/mol. The number of halogens is 2. The molecule has 2 N–H and O–H groups in total. The van der Waals surface area contributed by atoms with Crippen LogP contribution in [-0.4, -0.2) is 26.9 Å². The summed E-state index contributed by atoms with van der Waals surface area (Å²) in [5.41, 5.74) is 5.36. The smallest absolute Gasteiger partial charge is 0.285 e. The molecule has 0 unspecified atom stereocenters. The number of aromatic amines is 2. The van der Waals surface area contributed by atoms with Crippen LogP contribution in [0.5, 0.6) is 0 Å². The summed E-state index contributed by atoms with van der Waals surface area (Å²) in [6.07, 6.45) is 3.00. The van der Waals surface area contributed by atoms with Crippen molar-refractivity contribution >= 4 is 17.3 Å². The number of benzene rings is 1. The normalized spacial score (nSPS) is 13.7. The Morgan fingerprint density at radius 1 is 1.35 bits per heavy atom. The fourth-order valence-corrected chi connectivity index (χ4v) is 3.58. The topological polar surface area (TPSA) is 77.7 Å². The van der Waals surface area contributed by atoms with Crippen molar-refractivity contribution < 1.29 is 4.39 Å². The van der Waals surface area contributed by atoms with Crippen molar-refractivity contribution in [3.05, 3.63) is 73.7 Å². The molecule has 4 rings (SSSR count). The minimum atomic E-state index is -0.396. The highest BCUT2D eigenvalue weighted by atomic mass is 35.5. The van der Waals surface area contributed by atoms with Crippen molar-refractivity contribution in [2.24, 2.45) is 0 Å². The molecule has 8 heteroatoms. The summed E-state index contributed by atoms with van der Waals surface area (Å²) >= 11 is 6.11. The fraction of sp³-hybridized carbons (Fsp3) is 0.278. The van der Waals surface area contributed by atoms with Crippen LogP contribution in [0.15, 0.2) is 29.2 Å². The van der Waals surface area contributed by atoms with Gasteiger partial charge in [-0.05, 0) is 36.6 Å². The van der Waals surface area contributed by atoms with Crippen LogP contribution in [0.2, 0.25) is 5.02 Å². The maximum absolute atomic E-state index is 13.3. The molecule has 1 aliphatic heterocycles. The van der Waals surface area contributed by atoms with Gasteiger partial charge in [-0.1, -0.05) is 17.7 Å². The number of H-pyrrole nitrogens is 2. The number of aromatic nitrogens is 4. The maximum atomic E-state index is 13.3. The minimum absolute atomic E-state index is 0.144. The second kappa shape index (κ2) is 6.57. The second-order valence-corrected chi connectivity index (χ2v) is 6.82. The van der Waals surface area contributed by atoms with Gasteiger partial charge in [0, 0.05) is 18.5 Å². The number of rotatable bonds is 3. The van der Waals surface area contributed by atoms with Gasteiger partial charge in [0.05, 0.1) is 29.8 Å². The molecule has 6 nitrogen and oxygen atoms in total. The van der Waals surface area contributed by atoms with Crippen LogP contribution in [-0.2, 0) is 19.4 Å². The van der Waals surface area contributed by atoms with E-state index >= 15 is 0 Å². The van der Waals surface area contributed by atoms with E-state index in [0.29, 0.717) is 25.2 Å². The highest BCUT2D eigenvalue weighted by Crippen LogP contribution is 2.29. The monoisotopic (exact) mass is 373 g/mol. The van der Waals surface area contributed by atoms with Crippen LogP contribution in [0.1, 0.15) is 28.1 Å². The van der Waals surface area contributed by atoms with Gasteiger partial charge in [0.2, 0.25) is 0 Å². The molecule has 2 aromatic heterocycles. The molecule has 1 aromatic carbocycles.